The van der Waals surface area contributed by atoms with E-state index in [2.05, 4.69) is 149 Å². The quantitative estimate of drug-likeness (QED) is 0.192. The summed E-state index contributed by atoms with van der Waals surface area (Å²) in [5.41, 5.74) is 12.9. The van der Waals surface area contributed by atoms with Crippen molar-refractivity contribution in [2.24, 2.45) is 0 Å². The van der Waals surface area contributed by atoms with Crippen LogP contribution in [-0.4, -0.2) is 0 Å². The molecular weight excluding hydrogens is 456 g/mol. The fourth-order valence-electron chi connectivity index (χ4n) is 4.70. The molecule has 0 radical (unpaired) electrons. The summed E-state index contributed by atoms with van der Waals surface area (Å²) in [6, 6.07) is 35.9. The molecule has 0 aliphatic carbocycles. The second kappa shape index (κ2) is 13.6. The fraction of sp³-hybridized carbons (Fsp3) is 0.211. The summed E-state index contributed by atoms with van der Waals surface area (Å²) < 4.78 is 0. The molecule has 0 nitrogen and oxygen atoms in total. The molecule has 0 atom stereocenters. The van der Waals surface area contributed by atoms with Crippen molar-refractivity contribution in [1.29, 1.82) is 0 Å². The van der Waals surface area contributed by atoms with Gasteiger partial charge in [0.05, 0.1) is 0 Å². The maximum atomic E-state index is 2.25. The number of rotatable bonds is 10. The molecule has 38 heavy (non-hydrogen) atoms. The van der Waals surface area contributed by atoms with Gasteiger partial charge in [-0.15, -0.1) is 0 Å². The van der Waals surface area contributed by atoms with Crippen LogP contribution in [0.15, 0.2) is 121 Å². The Balaban J connectivity index is 1.72. The first-order chi connectivity index (χ1) is 18.6. The summed E-state index contributed by atoms with van der Waals surface area (Å²) in [5.74, 6) is 0. The first-order valence-corrected chi connectivity index (χ1v) is 14.1. The molecule has 0 heteroatoms. The molecule has 0 aliphatic rings. The Kier molecular flexibility index (Phi) is 9.71. The maximum Gasteiger partial charge on any atom is -0.0111 e. The lowest BCUT2D eigenvalue weighted by Crippen LogP contribution is -1.91. The Morgan fingerprint density at radius 1 is 0.368 bits per heavy atom. The molecule has 0 aliphatic heterocycles. The Morgan fingerprint density at radius 2 is 0.579 bits per heavy atom. The lowest BCUT2D eigenvalue weighted by molar-refractivity contribution is 1.14. The molecule has 0 unspecified atom stereocenters. The van der Waals surface area contributed by atoms with Crippen molar-refractivity contribution in [3.05, 3.63) is 166 Å². The third-order valence-electron chi connectivity index (χ3n) is 7.33. The molecule has 0 N–H and O–H groups in total. The van der Waals surface area contributed by atoms with Crippen molar-refractivity contribution in [1.82, 2.24) is 0 Å². The fourth-order valence-corrected chi connectivity index (χ4v) is 4.70. The summed E-state index contributed by atoms with van der Waals surface area (Å²) in [6.07, 6.45) is 13.1. The smallest absolute Gasteiger partial charge is 0.0111 e. The third kappa shape index (κ3) is 6.90. The highest BCUT2D eigenvalue weighted by atomic mass is 14.1. The maximum absolute atomic E-state index is 2.25. The highest BCUT2D eigenvalue weighted by molar-refractivity contribution is 5.82. The minimum absolute atomic E-state index is 1.05. The molecule has 0 bridgehead atoms. The first-order valence-electron chi connectivity index (χ1n) is 14.1. The Bertz CT molecular complexity index is 1170. The predicted molar refractivity (Wildman–Crippen MR) is 167 cm³/mol. The van der Waals surface area contributed by atoms with E-state index < -0.39 is 0 Å². The lowest BCUT2D eigenvalue weighted by Gasteiger charge is -2.10. The molecule has 0 saturated heterocycles. The summed E-state index contributed by atoms with van der Waals surface area (Å²) in [6.45, 7) is 8.81. The van der Waals surface area contributed by atoms with E-state index in [-0.39, 0.29) is 0 Å². The molecule has 0 heterocycles. The SMILES string of the molecule is CCc1ccc(C(=C/C=C\C=C(c2ccc(CC)cc2)c2ccc(CC)cc2)c2ccc(CC)cc2)cc1. The monoisotopic (exact) mass is 496 g/mol. The van der Waals surface area contributed by atoms with Crippen LogP contribution in [0.25, 0.3) is 11.1 Å². The van der Waals surface area contributed by atoms with Gasteiger partial charge in [-0.1, -0.05) is 149 Å². The number of benzene rings is 4. The van der Waals surface area contributed by atoms with Crippen LogP contribution < -0.4 is 0 Å². The summed E-state index contributed by atoms with van der Waals surface area (Å²) >= 11 is 0. The number of hydrogen-bond donors (Lipinski definition) is 0. The van der Waals surface area contributed by atoms with Gasteiger partial charge in [0.25, 0.3) is 0 Å². The second-order valence-electron chi connectivity index (χ2n) is 9.75. The molecular formula is C38H40. The zero-order valence-corrected chi connectivity index (χ0v) is 23.4. The van der Waals surface area contributed by atoms with Crippen molar-refractivity contribution < 1.29 is 0 Å². The number of hydrogen-bond acceptors (Lipinski definition) is 0. The van der Waals surface area contributed by atoms with Crippen molar-refractivity contribution in [3.8, 4) is 0 Å². The van der Waals surface area contributed by atoms with Crippen LogP contribution in [0.2, 0.25) is 0 Å². The molecule has 4 rings (SSSR count). The average Bonchev–Trinajstić information content (AvgIpc) is 2.99. The summed E-state index contributed by atoms with van der Waals surface area (Å²) in [7, 11) is 0. The summed E-state index contributed by atoms with van der Waals surface area (Å²) in [5, 5.41) is 0. The van der Waals surface area contributed by atoms with Crippen LogP contribution in [0.1, 0.15) is 72.2 Å². The van der Waals surface area contributed by atoms with Crippen LogP contribution in [0.3, 0.4) is 0 Å². The van der Waals surface area contributed by atoms with E-state index in [0.29, 0.717) is 0 Å². The van der Waals surface area contributed by atoms with Gasteiger partial charge in [0.15, 0.2) is 0 Å². The molecule has 192 valence electrons. The van der Waals surface area contributed by atoms with E-state index in [9.17, 15) is 0 Å². The van der Waals surface area contributed by atoms with E-state index in [0.717, 1.165) is 25.7 Å². The number of allylic oxidation sites excluding steroid dienone is 4. The van der Waals surface area contributed by atoms with Gasteiger partial charge < -0.3 is 0 Å². The zero-order chi connectivity index (χ0) is 26.7. The lowest BCUT2D eigenvalue weighted by atomic mass is 9.94. The zero-order valence-electron chi connectivity index (χ0n) is 23.4. The van der Waals surface area contributed by atoms with E-state index in [1.54, 1.807) is 0 Å². The first kappa shape index (κ1) is 27.1. The molecule has 4 aromatic carbocycles. The van der Waals surface area contributed by atoms with Crippen LogP contribution in [0.4, 0.5) is 0 Å². The van der Waals surface area contributed by atoms with Gasteiger partial charge in [-0.2, -0.15) is 0 Å². The average molecular weight is 497 g/mol. The van der Waals surface area contributed by atoms with E-state index in [4.69, 9.17) is 0 Å². The Morgan fingerprint density at radius 3 is 0.763 bits per heavy atom. The van der Waals surface area contributed by atoms with Gasteiger partial charge in [-0.05, 0) is 81.3 Å². The molecule has 0 spiro atoms. The molecule has 0 saturated carbocycles. The molecule has 0 aromatic heterocycles. The Labute approximate surface area is 230 Å². The predicted octanol–water partition coefficient (Wildman–Crippen LogP) is 10.1. The highest BCUT2D eigenvalue weighted by Gasteiger charge is 2.07. The Hall–Kier alpha value is -3.90. The van der Waals surface area contributed by atoms with Gasteiger partial charge in [-0.25, -0.2) is 0 Å². The molecule has 0 amide bonds. The van der Waals surface area contributed by atoms with Gasteiger partial charge in [-0.3, -0.25) is 0 Å². The van der Waals surface area contributed by atoms with Crippen molar-refractivity contribution in [2.45, 2.75) is 53.4 Å². The van der Waals surface area contributed by atoms with Crippen LogP contribution in [-0.2, 0) is 25.7 Å². The molecule has 4 aromatic rings. The second-order valence-corrected chi connectivity index (χ2v) is 9.75. The third-order valence-corrected chi connectivity index (χ3v) is 7.33. The van der Waals surface area contributed by atoms with Crippen LogP contribution in [0.5, 0.6) is 0 Å². The van der Waals surface area contributed by atoms with E-state index in [1.165, 1.54) is 55.7 Å². The van der Waals surface area contributed by atoms with Crippen molar-refractivity contribution >= 4 is 11.1 Å². The van der Waals surface area contributed by atoms with Gasteiger partial charge >= 0.3 is 0 Å². The van der Waals surface area contributed by atoms with Gasteiger partial charge in [0.1, 0.15) is 0 Å². The van der Waals surface area contributed by atoms with Gasteiger partial charge in [0, 0.05) is 0 Å². The topological polar surface area (TPSA) is 0 Å². The minimum Gasteiger partial charge on any atom is -0.0616 e. The van der Waals surface area contributed by atoms with E-state index in [1.807, 2.05) is 0 Å². The largest absolute Gasteiger partial charge is 0.0616 e. The molecule has 0 fully saturated rings. The van der Waals surface area contributed by atoms with Crippen molar-refractivity contribution in [3.63, 3.8) is 0 Å². The summed E-state index contributed by atoms with van der Waals surface area (Å²) in [4.78, 5) is 0. The van der Waals surface area contributed by atoms with E-state index >= 15 is 0 Å². The van der Waals surface area contributed by atoms with Crippen LogP contribution >= 0.6 is 0 Å². The standard InChI is InChI=1S/C38H40/c1-5-29-13-21-33(22-14-29)37(34-23-15-30(6-2)16-24-34)11-9-10-12-38(35-25-17-31(7-3)18-26-35)36-27-19-32(8-4)20-28-36/h9-28H,5-8H2,1-4H3/b10-9-. The normalized spacial score (nSPS) is 10.9. The van der Waals surface area contributed by atoms with Gasteiger partial charge in [0.2, 0.25) is 0 Å². The van der Waals surface area contributed by atoms with Crippen LogP contribution in [0, 0.1) is 0 Å². The highest BCUT2D eigenvalue weighted by Crippen LogP contribution is 2.27. The van der Waals surface area contributed by atoms with Crippen molar-refractivity contribution in [2.75, 3.05) is 0 Å². The number of aryl methyl sites for hydroxylation is 4. The minimum atomic E-state index is 1.05.